The average molecular weight is 466 g/mol. The number of amides is 1. The van der Waals surface area contributed by atoms with E-state index in [2.05, 4.69) is 16.7 Å². The van der Waals surface area contributed by atoms with E-state index in [1.165, 1.54) is 0 Å². The normalized spacial score (nSPS) is 18.2. The molecule has 3 aromatic rings. The van der Waals surface area contributed by atoms with E-state index in [1.54, 1.807) is 0 Å². The molecular weight excluding hydrogens is 434 g/mol. The molecule has 1 aliphatic carbocycles. The highest BCUT2D eigenvalue weighted by Gasteiger charge is 2.22. The number of fused-ring (bicyclic) bond motifs is 1. The average Bonchev–Trinajstić information content (AvgIpc) is 2.82. The van der Waals surface area contributed by atoms with Gasteiger partial charge in [-0.1, -0.05) is 35.9 Å². The summed E-state index contributed by atoms with van der Waals surface area (Å²) in [7, 11) is 4.01. The van der Waals surface area contributed by atoms with Crippen molar-refractivity contribution in [2.24, 2.45) is 5.92 Å². The molecule has 2 N–H and O–H groups in total. The van der Waals surface area contributed by atoms with E-state index in [0.717, 1.165) is 66.0 Å². The summed E-state index contributed by atoms with van der Waals surface area (Å²) >= 11 is 5.92. The van der Waals surface area contributed by atoms with Gasteiger partial charge in [-0.15, -0.1) is 0 Å². The summed E-state index contributed by atoms with van der Waals surface area (Å²) in [4.78, 5) is 23.8. The lowest BCUT2D eigenvalue weighted by molar-refractivity contribution is -0.121. The standard InChI is InChI=1S/C26H32ClN5O/c1-32(2)25-22-5-3-4-6-23(22)30-26(31-25)29-21-14-9-19(10-15-21)17-28-24(33)16-11-18-7-12-20(27)13-8-18/h3-8,12-13,19,21H,9-11,14-17H2,1-2H3,(H,28,33)(H,29,30,31). The van der Waals surface area contributed by atoms with Crippen LogP contribution in [0.4, 0.5) is 11.8 Å². The van der Waals surface area contributed by atoms with Gasteiger partial charge in [0, 0.05) is 43.5 Å². The van der Waals surface area contributed by atoms with Crippen molar-refractivity contribution in [3.63, 3.8) is 0 Å². The van der Waals surface area contributed by atoms with Gasteiger partial charge in [0.2, 0.25) is 11.9 Å². The molecule has 1 heterocycles. The van der Waals surface area contributed by atoms with Crippen LogP contribution >= 0.6 is 11.6 Å². The molecule has 7 heteroatoms. The molecule has 0 unspecified atom stereocenters. The summed E-state index contributed by atoms with van der Waals surface area (Å²) in [6.07, 6.45) is 5.52. The number of hydrogen-bond donors (Lipinski definition) is 2. The summed E-state index contributed by atoms with van der Waals surface area (Å²) < 4.78 is 0. The van der Waals surface area contributed by atoms with E-state index < -0.39 is 0 Å². The molecule has 0 atom stereocenters. The molecule has 1 saturated carbocycles. The van der Waals surface area contributed by atoms with Crippen molar-refractivity contribution < 1.29 is 4.79 Å². The van der Waals surface area contributed by atoms with Gasteiger partial charge in [-0.05, 0) is 67.9 Å². The fraction of sp³-hybridized carbons (Fsp3) is 0.423. The molecule has 0 bridgehead atoms. The van der Waals surface area contributed by atoms with Crippen LogP contribution in [-0.2, 0) is 11.2 Å². The second-order valence-electron chi connectivity index (χ2n) is 9.07. The molecule has 6 nitrogen and oxygen atoms in total. The van der Waals surface area contributed by atoms with Crippen LogP contribution in [0.15, 0.2) is 48.5 Å². The molecule has 1 aromatic heterocycles. The zero-order valence-electron chi connectivity index (χ0n) is 19.4. The summed E-state index contributed by atoms with van der Waals surface area (Å²) in [6, 6.07) is 16.2. The largest absolute Gasteiger partial charge is 0.362 e. The van der Waals surface area contributed by atoms with Crippen molar-refractivity contribution in [2.75, 3.05) is 30.9 Å². The first-order chi connectivity index (χ1) is 16.0. The van der Waals surface area contributed by atoms with Gasteiger partial charge in [-0.3, -0.25) is 4.79 Å². The van der Waals surface area contributed by atoms with Gasteiger partial charge in [0.1, 0.15) is 5.82 Å². The topological polar surface area (TPSA) is 70.2 Å². The van der Waals surface area contributed by atoms with Crippen LogP contribution in [0, 0.1) is 5.92 Å². The Labute approximate surface area is 200 Å². The Kier molecular flexibility index (Phi) is 7.65. The maximum atomic E-state index is 12.3. The second kappa shape index (κ2) is 10.8. The molecule has 2 aromatic carbocycles. The van der Waals surface area contributed by atoms with Crippen LogP contribution in [0.1, 0.15) is 37.7 Å². The van der Waals surface area contributed by atoms with Gasteiger partial charge in [0.05, 0.1) is 5.52 Å². The summed E-state index contributed by atoms with van der Waals surface area (Å²) in [5.41, 5.74) is 2.09. The Bertz CT molecular complexity index is 1080. The highest BCUT2D eigenvalue weighted by molar-refractivity contribution is 6.30. The number of nitrogens with one attached hydrogen (secondary N) is 2. The third-order valence-corrected chi connectivity index (χ3v) is 6.58. The minimum Gasteiger partial charge on any atom is -0.362 e. The number of carbonyl (C=O) groups excluding carboxylic acids is 1. The molecule has 0 spiro atoms. The van der Waals surface area contributed by atoms with Gasteiger partial charge in [0.15, 0.2) is 0 Å². The Hall–Kier alpha value is -2.86. The molecule has 1 aliphatic rings. The fourth-order valence-electron chi connectivity index (χ4n) is 4.41. The Balaban J connectivity index is 1.23. The Morgan fingerprint density at radius 1 is 1.03 bits per heavy atom. The smallest absolute Gasteiger partial charge is 0.225 e. The number of anilines is 2. The van der Waals surface area contributed by atoms with E-state index >= 15 is 0 Å². The Morgan fingerprint density at radius 2 is 1.76 bits per heavy atom. The maximum Gasteiger partial charge on any atom is 0.225 e. The van der Waals surface area contributed by atoms with Gasteiger partial charge in [-0.25, -0.2) is 4.98 Å². The van der Waals surface area contributed by atoms with Crippen LogP contribution in [0.3, 0.4) is 0 Å². The first-order valence-corrected chi connectivity index (χ1v) is 12.1. The molecule has 1 fully saturated rings. The fourth-order valence-corrected chi connectivity index (χ4v) is 4.54. The third kappa shape index (κ3) is 6.35. The number of carbonyl (C=O) groups is 1. The number of para-hydroxylation sites is 1. The van der Waals surface area contributed by atoms with Crippen molar-refractivity contribution >= 4 is 40.2 Å². The molecule has 0 radical (unpaired) electrons. The summed E-state index contributed by atoms with van der Waals surface area (Å²) in [5, 5.41) is 8.45. The lowest BCUT2D eigenvalue weighted by Crippen LogP contribution is -2.34. The highest BCUT2D eigenvalue weighted by atomic mass is 35.5. The van der Waals surface area contributed by atoms with Crippen molar-refractivity contribution in [1.82, 2.24) is 15.3 Å². The zero-order valence-corrected chi connectivity index (χ0v) is 20.1. The Morgan fingerprint density at radius 3 is 2.48 bits per heavy atom. The number of nitrogens with zero attached hydrogens (tertiary/aromatic N) is 3. The van der Waals surface area contributed by atoms with Crippen LogP contribution in [-0.4, -0.2) is 42.6 Å². The summed E-state index contributed by atoms with van der Waals surface area (Å²) in [6.45, 7) is 0.753. The third-order valence-electron chi connectivity index (χ3n) is 6.33. The molecular formula is C26H32ClN5O. The van der Waals surface area contributed by atoms with Gasteiger partial charge < -0.3 is 15.5 Å². The number of hydrogen-bond acceptors (Lipinski definition) is 5. The second-order valence-corrected chi connectivity index (χ2v) is 9.51. The molecule has 0 saturated heterocycles. The zero-order chi connectivity index (χ0) is 23.2. The number of benzene rings is 2. The van der Waals surface area contributed by atoms with Gasteiger partial charge >= 0.3 is 0 Å². The first-order valence-electron chi connectivity index (χ1n) is 11.7. The number of aromatic nitrogens is 2. The first kappa shape index (κ1) is 23.3. The SMILES string of the molecule is CN(C)c1nc(NC2CCC(CNC(=O)CCc3ccc(Cl)cc3)CC2)nc2ccccc12. The number of rotatable bonds is 8. The van der Waals surface area contributed by atoms with Crippen LogP contribution < -0.4 is 15.5 Å². The molecule has 174 valence electrons. The predicted octanol–water partition coefficient (Wildman–Crippen LogP) is 5.07. The lowest BCUT2D eigenvalue weighted by atomic mass is 9.86. The van der Waals surface area contributed by atoms with Gasteiger partial charge in [-0.2, -0.15) is 4.98 Å². The minimum absolute atomic E-state index is 0.117. The van der Waals surface area contributed by atoms with Crippen LogP contribution in [0.25, 0.3) is 10.9 Å². The minimum atomic E-state index is 0.117. The lowest BCUT2D eigenvalue weighted by Gasteiger charge is -2.29. The van der Waals surface area contributed by atoms with E-state index in [9.17, 15) is 4.79 Å². The maximum absolute atomic E-state index is 12.3. The summed E-state index contributed by atoms with van der Waals surface area (Å²) in [5.74, 6) is 2.26. The molecule has 4 rings (SSSR count). The van der Waals surface area contributed by atoms with Crippen molar-refractivity contribution in [3.05, 3.63) is 59.1 Å². The van der Waals surface area contributed by atoms with Crippen LogP contribution in [0.2, 0.25) is 5.02 Å². The molecule has 1 amide bonds. The molecule has 33 heavy (non-hydrogen) atoms. The van der Waals surface area contributed by atoms with Gasteiger partial charge in [0.25, 0.3) is 0 Å². The van der Waals surface area contributed by atoms with Crippen molar-refractivity contribution in [3.8, 4) is 0 Å². The van der Waals surface area contributed by atoms with Crippen LogP contribution in [0.5, 0.6) is 0 Å². The van der Waals surface area contributed by atoms with Crippen molar-refractivity contribution in [1.29, 1.82) is 0 Å². The van der Waals surface area contributed by atoms with E-state index in [-0.39, 0.29) is 5.91 Å². The number of halogens is 1. The van der Waals surface area contributed by atoms with E-state index in [4.69, 9.17) is 21.6 Å². The van der Waals surface area contributed by atoms with E-state index in [0.29, 0.717) is 24.3 Å². The van der Waals surface area contributed by atoms with Crippen molar-refractivity contribution in [2.45, 2.75) is 44.6 Å². The predicted molar refractivity (Wildman–Crippen MR) is 136 cm³/mol. The highest BCUT2D eigenvalue weighted by Crippen LogP contribution is 2.28. The quantitative estimate of drug-likeness (QED) is 0.486. The molecule has 0 aliphatic heterocycles. The number of aryl methyl sites for hydroxylation is 1. The van der Waals surface area contributed by atoms with E-state index in [1.807, 2.05) is 61.5 Å². The monoisotopic (exact) mass is 465 g/mol.